The second kappa shape index (κ2) is 3.73. The predicted octanol–water partition coefficient (Wildman–Crippen LogP) is 2.26. The Labute approximate surface area is 85.1 Å². The van der Waals surface area contributed by atoms with Crippen molar-refractivity contribution >= 4 is 0 Å². The van der Waals surface area contributed by atoms with Crippen LogP contribution in [-0.4, -0.2) is 9.97 Å². The lowest BCUT2D eigenvalue weighted by molar-refractivity contribution is 0.408. The fourth-order valence-electron chi connectivity index (χ4n) is 2.00. The highest BCUT2D eigenvalue weighted by Crippen LogP contribution is 2.38. The summed E-state index contributed by atoms with van der Waals surface area (Å²) < 4.78 is 0. The van der Waals surface area contributed by atoms with Gasteiger partial charge in [-0.05, 0) is 18.8 Å². The molecular formula is C11H19N3. The Balaban J connectivity index is 2.30. The minimum atomic E-state index is 0.502. The van der Waals surface area contributed by atoms with E-state index in [1.54, 1.807) is 0 Å². The lowest BCUT2D eigenvalue weighted by atomic mass is 9.81. The van der Waals surface area contributed by atoms with Crippen molar-refractivity contribution in [1.82, 2.24) is 9.97 Å². The second-order valence-corrected chi connectivity index (χ2v) is 4.47. The van der Waals surface area contributed by atoms with E-state index in [0.29, 0.717) is 12.5 Å². The van der Waals surface area contributed by atoms with E-state index in [0.717, 1.165) is 11.7 Å². The molecule has 2 rings (SSSR count). The van der Waals surface area contributed by atoms with Crippen molar-refractivity contribution in [2.24, 2.45) is 5.73 Å². The topological polar surface area (TPSA) is 54.7 Å². The van der Waals surface area contributed by atoms with Crippen molar-refractivity contribution < 1.29 is 0 Å². The van der Waals surface area contributed by atoms with Crippen molar-refractivity contribution in [1.29, 1.82) is 0 Å². The smallest absolute Gasteiger partial charge is 0.120 e. The molecule has 3 N–H and O–H groups in total. The third-order valence-corrected chi connectivity index (χ3v) is 3.06. The maximum absolute atomic E-state index is 5.60. The van der Waals surface area contributed by atoms with E-state index in [1.807, 2.05) is 0 Å². The highest BCUT2D eigenvalue weighted by molar-refractivity contribution is 5.23. The van der Waals surface area contributed by atoms with Gasteiger partial charge in [0.25, 0.3) is 0 Å². The maximum atomic E-state index is 5.60. The number of rotatable bonds is 3. The molecule has 0 amide bonds. The summed E-state index contributed by atoms with van der Waals surface area (Å²) in [5.41, 5.74) is 8.18. The Hall–Kier alpha value is -0.830. The number of hydrogen-bond acceptors (Lipinski definition) is 2. The van der Waals surface area contributed by atoms with Crippen molar-refractivity contribution in [2.75, 3.05) is 0 Å². The van der Waals surface area contributed by atoms with E-state index in [9.17, 15) is 0 Å². The van der Waals surface area contributed by atoms with Crippen molar-refractivity contribution in [3.63, 3.8) is 0 Å². The first-order valence-electron chi connectivity index (χ1n) is 5.51. The lowest BCUT2D eigenvalue weighted by Crippen LogP contribution is -2.12. The van der Waals surface area contributed by atoms with Crippen LogP contribution in [0.4, 0.5) is 0 Å². The van der Waals surface area contributed by atoms with E-state index in [1.165, 1.54) is 30.7 Å². The highest BCUT2D eigenvalue weighted by Gasteiger charge is 2.25. The first kappa shape index (κ1) is 9.71. The summed E-state index contributed by atoms with van der Waals surface area (Å²) in [5, 5.41) is 0. The minimum Gasteiger partial charge on any atom is -0.344 e. The molecule has 0 atom stereocenters. The zero-order valence-corrected chi connectivity index (χ0v) is 9.01. The number of aromatic amines is 1. The van der Waals surface area contributed by atoms with Crippen LogP contribution in [0.1, 0.15) is 62.2 Å². The van der Waals surface area contributed by atoms with Gasteiger partial charge in [0.15, 0.2) is 0 Å². The van der Waals surface area contributed by atoms with Gasteiger partial charge in [0.05, 0.1) is 12.2 Å². The Morgan fingerprint density at radius 3 is 2.64 bits per heavy atom. The number of nitrogens with two attached hydrogens (primary N) is 1. The van der Waals surface area contributed by atoms with Crippen molar-refractivity contribution in [3.8, 4) is 0 Å². The SMILES string of the molecule is CC(C)c1nc(CN)[nH]c1C1CCC1. The van der Waals surface area contributed by atoms with E-state index in [2.05, 4.69) is 23.8 Å². The number of hydrogen-bond donors (Lipinski definition) is 2. The molecule has 0 aromatic carbocycles. The summed E-state index contributed by atoms with van der Waals surface area (Å²) in [6.07, 6.45) is 3.98. The van der Waals surface area contributed by atoms with Crippen LogP contribution in [0.15, 0.2) is 0 Å². The predicted molar refractivity (Wildman–Crippen MR) is 57.2 cm³/mol. The zero-order valence-electron chi connectivity index (χ0n) is 9.01. The van der Waals surface area contributed by atoms with Gasteiger partial charge < -0.3 is 10.7 Å². The average Bonchev–Trinajstić information content (AvgIpc) is 2.45. The normalized spacial score (nSPS) is 17.4. The third kappa shape index (κ3) is 1.57. The van der Waals surface area contributed by atoms with E-state index < -0.39 is 0 Å². The highest BCUT2D eigenvalue weighted by atomic mass is 15.0. The fraction of sp³-hybridized carbons (Fsp3) is 0.727. The van der Waals surface area contributed by atoms with Crippen molar-refractivity contribution in [3.05, 3.63) is 17.2 Å². The molecule has 1 fully saturated rings. The summed E-state index contributed by atoms with van der Waals surface area (Å²) in [4.78, 5) is 7.93. The van der Waals surface area contributed by atoms with Gasteiger partial charge in [-0.2, -0.15) is 0 Å². The minimum absolute atomic E-state index is 0.502. The first-order valence-corrected chi connectivity index (χ1v) is 5.51. The largest absolute Gasteiger partial charge is 0.344 e. The first-order chi connectivity index (χ1) is 6.72. The van der Waals surface area contributed by atoms with Gasteiger partial charge in [0, 0.05) is 11.6 Å². The Morgan fingerprint density at radius 2 is 2.21 bits per heavy atom. The standard InChI is InChI=1S/C11H19N3/c1-7(2)10-11(8-4-3-5-8)14-9(6-12)13-10/h7-8H,3-6,12H2,1-2H3,(H,13,14). The molecule has 14 heavy (non-hydrogen) atoms. The van der Waals surface area contributed by atoms with Gasteiger partial charge in [-0.1, -0.05) is 20.3 Å². The van der Waals surface area contributed by atoms with E-state index >= 15 is 0 Å². The number of nitrogens with zero attached hydrogens (tertiary/aromatic N) is 1. The monoisotopic (exact) mass is 193 g/mol. The van der Waals surface area contributed by atoms with Crippen LogP contribution < -0.4 is 5.73 Å². The Morgan fingerprint density at radius 1 is 1.50 bits per heavy atom. The molecule has 1 aliphatic rings. The molecule has 1 aliphatic carbocycles. The van der Waals surface area contributed by atoms with Crippen LogP contribution in [-0.2, 0) is 6.54 Å². The van der Waals surface area contributed by atoms with Crippen LogP contribution in [0.3, 0.4) is 0 Å². The molecule has 3 heteroatoms. The van der Waals surface area contributed by atoms with Gasteiger partial charge in [-0.15, -0.1) is 0 Å². The fourth-order valence-corrected chi connectivity index (χ4v) is 2.00. The molecule has 0 radical (unpaired) electrons. The summed E-state index contributed by atoms with van der Waals surface area (Å²) in [5.74, 6) is 2.16. The Kier molecular flexibility index (Phi) is 2.59. The van der Waals surface area contributed by atoms with Gasteiger partial charge in [-0.3, -0.25) is 0 Å². The molecule has 1 aromatic rings. The quantitative estimate of drug-likeness (QED) is 0.773. The number of nitrogens with one attached hydrogen (secondary N) is 1. The number of aromatic nitrogens is 2. The maximum Gasteiger partial charge on any atom is 0.120 e. The lowest BCUT2D eigenvalue weighted by Gasteiger charge is -2.25. The Bertz CT molecular complexity index is 310. The number of H-pyrrole nitrogens is 1. The van der Waals surface area contributed by atoms with Crippen LogP contribution in [0.5, 0.6) is 0 Å². The van der Waals surface area contributed by atoms with Gasteiger partial charge in [0.1, 0.15) is 5.82 Å². The third-order valence-electron chi connectivity index (χ3n) is 3.06. The molecule has 78 valence electrons. The molecule has 1 heterocycles. The summed E-state index contributed by atoms with van der Waals surface area (Å²) in [6, 6.07) is 0. The molecule has 0 spiro atoms. The second-order valence-electron chi connectivity index (χ2n) is 4.47. The van der Waals surface area contributed by atoms with Crippen LogP contribution >= 0.6 is 0 Å². The molecule has 0 unspecified atom stereocenters. The van der Waals surface area contributed by atoms with Gasteiger partial charge >= 0.3 is 0 Å². The molecule has 3 nitrogen and oxygen atoms in total. The zero-order chi connectivity index (χ0) is 10.1. The summed E-state index contributed by atoms with van der Waals surface area (Å²) in [7, 11) is 0. The van der Waals surface area contributed by atoms with Crippen LogP contribution in [0, 0.1) is 0 Å². The summed E-state index contributed by atoms with van der Waals surface area (Å²) in [6.45, 7) is 4.91. The molecule has 0 saturated heterocycles. The molecule has 0 bridgehead atoms. The van der Waals surface area contributed by atoms with Crippen molar-refractivity contribution in [2.45, 2.75) is 51.5 Å². The van der Waals surface area contributed by atoms with Crippen LogP contribution in [0.25, 0.3) is 0 Å². The molecular weight excluding hydrogens is 174 g/mol. The number of imidazole rings is 1. The van der Waals surface area contributed by atoms with E-state index in [-0.39, 0.29) is 0 Å². The molecule has 1 aromatic heterocycles. The molecule has 0 aliphatic heterocycles. The average molecular weight is 193 g/mol. The van der Waals surface area contributed by atoms with Gasteiger partial charge in [-0.25, -0.2) is 4.98 Å². The van der Waals surface area contributed by atoms with Crippen LogP contribution in [0.2, 0.25) is 0 Å². The summed E-state index contributed by atoms with van der Waals surface area (Å²) >= 11 is 0. The van der Waals surface area contributed by atoms with Gasteiger partial charge in [0.2, 0.25) is 0 Å². The molecule has 1 saturated carbocycles. The van der Waals surface area contributed by atoms with E-state index in [4.69, 9.17) is 5.73 Å².